The molecule has 1 saturated heterocycles. The van der Waals surface area contributed by atoms with Crippen LogP contribution < -0.4 is 10.1 Å². The molecule has 1 fully saturated rings. The Hall–Kier alpha value is -1.99. The second-order valence-corrected chi connectivity index (χ2v) is 6.34. The van der Waals surface area contributed by atoms with Gasteiger partial charge >= 0.3 is 0 Å². The van der Waals surface area contributed by atoms with Crippen molar-refractivity contribution in [3.8, 4) is 5.75 Å². The van der Waals surface area contributed by atoms with Gasteiger partial charge in [0, 0.05) is 12.2 Å². The minimum absolute atomic E-state index is 0.183. The molecule has 122 valence electrons. The summed E-state index contributed by atoms with van der Waals surface area (Å²) in [6, 6.07) is 7.06. The van der Waals surface area contributed by atoms with Crippen molar-refractivity contribution in [3.05, 3.63) is 34.8 Å². The number of hydrogen-bond donors (Lipinski definition) is 1. The molecule has 7 heteroatoms. The molecule has 23 heavy (non-hydrogen) atoms. The number of carbonyl (C=O) groups excluding carboxylic acids is 1. The van der Waals surface area contributed by atoms with Crippen LogP contribution in [0.15, 0.2) is 24.3 Å². The van der Waals surface area contributed by atoms with E-state index in [1.54, 1.807) is 24.3 Å². The minimum Gasteiger partial charge on any atom is -0.491 e. The summed E-state index contributed by atoms with van der Waals surface area (Å²) < 4.78 is 11.2. The van der Waals surface area contributed by atoms with Crippen molar-refractivity contribution >= 4 is 22.4 Å². The standard InChI is InChI=1S/C16H19N3O3S/c1-2-14-18-19-16(23-14)17-15(20)11-5-7-12(8-6-11)22-10-13-4-3-9-21-13/h5-8,13H,2-4,9-10H2,1H3,(H,17,19,20)/t13-/m0/s1. The van der Waals surface area contributed by atoms with Crippen LogP contribution in [-0.4, -0.2) is 35.4 Å². The number of benzene rings is 1. The molecular weight excluding hydrogens is 314 g/mol. The van der Waals surface area contributed by atoms with E-state index in [4.69, 9.17) is 9.47 Å². The highest BCUT2D eigenvalue weighted by Gasteiger charge is 2.16. The third-order valence-electron chi connectivity index (χ3n) is 3.57. The van der Waals surface area contributed by atoms with E-state index in [9.17, 15) is 4.79 Å². The molecule has 2 aromatic rings. The van der Waals surface area contributed by atoms with E-state index < -0.39 is 0 Å². The Kier molecular flexibility index (Phi) is 5.19. The Labute approximate surface area is 138 Å². The minimum atomic E-state index is -0.200. The fraction of sp³-hybridized carbons (Fsp3) is 0.438. The molecule has 6 nitrogen and oxygen atoms in total. The lowest BCUT2D eigenvalue weighted by Crippen LogP contribution is -2.16. The van der Waals surface area contributed by atoms with E-state index in [0.29, 0.717) is 17.3 Å². The van der Waals surface area contributed by atoms with Crippen LogP contribution in [0, 0.1) is 0 Å². The second-order valence-electron chi connectivity index (χ2n) is 5.28. The zero-order valence-corrected chi connectivity index (χ0v) is 13.8. The van der Waals surface area contributed by atoms with Crippen LogP contribution in [0.1, 0.15) is 35.1 Å². The highest BCUT2D eigenvalue weighted by Crippen LogP contribution is 2.19. The second kappa shape index (κ2) is 7.52. The molecule has 2 heterocycles. The molecule has 0 aliphatic carbocycles. The number of ether oxygens (including phenoxy) is 2. The van der Waals surface area contributed by atoms with Gasteiger partial charge in [0.25, 0.3) is 5.91 Å². The van der Waals surface area contributed by atoms with Gasteiger partial charge in [0.15, 0.2) is 0 Å². The largest absolute Gasteiger partial charge is 0.491 e. The van der Waals surface area contributed by atoms with Crippen molar-refractivity contribution in [1.29, 1.82) is 0 Å². The van der Waals surface area contributed by atoms with E-state index in [-0.39, 0.29) is 12.0 Å². The van der Waals surface area contributed by atoms with Crippen molar-refractivity contribution in [1.82, 2.24) is 10.2 Å². The van der Waals surface area contributed by atoms with Gasteiger partial charge in [-0.1, -0.05) is 18.3 Å². The lowest BCUT2D eigenvalue weighted by molar-refractivity contribution is 0.0679. The molecule has 0 saturated carbocycles. The van der Waals surface area contributed by atoms with Gasteiger partial charge in [0.05, 0.1) is 6.10 Å². The summed E-state index contributed by atoms with van der Waals surface area (Å²) in [7, 11) is 0. The van der Waals surface area contributed by atoms with Gasteiger partial charge in [0.2, 0.25) is 5.13 Å². The predicted octanol–water partition coefficient (Wildman–Crippen LogP) is 2.91. The Morgan fingerprint density at radius 1 is 1.39 bits per heavy atom. The van der Waals surface area contributed by atoms with Crippen LogP contribution in [0.5, 0.6) is 5.75 Å². The number of anilines is 1. The molecule has 1 aliphatic heterocycles. The number of nitrogens with one attached hydrogen (secondary N) is 1. The van der Waals surface area contributed by atoms with E-state index in [0.717, 1.165) is 36.6 Å². The van der Waals surface area contributed by atoms with Crippen molar-refractivity contribution in [3.63, 3.8) is 0 Å². The summed E-state index contributed by atoms with van der Waals surface area (Å²) in [6.07, 6.45) is 3.13. The average molecular weight is 333 g/mol. The summed E-state index contributed by atoms with van der Waals surface area (Å²) in [5.74, 6) is 0.538. The maximum Gasteiger partial charge on any atom is 0.257 e. The molecule has 0 radical (unpaired) electrons. The number of nitrogens with zero attached hydrogens (tertiary/aromatic N) is 2. The van der Waals surface area contributed by atoms with Crippen molar-refractivity contribution in [2.75, 3.05) is 18.5 Å². The molecule has 0 spiro atoms. The first-order valence-electron chi connectivity index (χ1n) is 7.73. The lowest BCUT2D eigenvalue weighted by atomic mass is 10.2. The van der Waals surface area contributed by atoms with Crippen LogP contribution in [0.25, 0.3) is 0 Å². The smallest absolute Gasteiger partial charge is 0.257 e. The highest BCUT2D eigenvalue weighted by molar-refractivity contribution is 7.15. The summed E-state index contributed by atoms with van der Waals surface area (Å²) in [6.45, 7) is 3.37. The van der Waals surface area contributed by atoms with Crippen LogP contribution in [0.3, 0.4) is 0 Å². The fourth-order valence-corrected chi connectivity index (χ4v) is 2.96. The Bertz CT molecular complexity index is 651. The zero-order chi connectivity index (χ0) is 16.1. The molecule has 1 N–H and O–H groups in total. The topological polar surface area (TPSA) is 73.3 Å². The first-order chi connectivity index (χ1) is 11.2. The van der Waals surface area contributed by atoms with Crippen molar-refractivity contribution in [2.24, 2.45) is 0 Å². The normalized spacial score (nSPS) is 17.2. The zero-order valence-electron chi connectivity index (χ0n) is 12.9. The van der Waals surface area contributed by atoms with Crippen molar-refractivity contribution in [2.45, 2.75) is 32.3 Å². The summed E-state index contributed by atoms with van der Waals surface area (Å²) in [5.41, 5.74) is 0.558. The molecule has 0 unspecified atom stereocenters. The maximum atomic E-state index is 12.2. The number of rotatable bonds is 6. The Morgan fingerprint density at radius 2 is 2.22 bits per heavy atom. The first-order valence-corrected chi connectivity index (χ1v) is 8.54. The average Bonchev–Trinajstić information content (AvgIpc) is 3.25. The van der Waals surface area contributed by atoms with Gasteiger partial charge in [-0.2, -0.15) is 0 Å². The Balaban J connectivity index is 1.54. The molecule has 1 aromatic carbocycles. The summed E-state index contributed by atoms with van der Waals surface area (Å²) in [5, 5.41) is 12.1. The Morgan fingerprint density at radius 3 is 2.87 bits per heavy atom. The number of aromatic nitrogens is 2. The van der Waals surface area contributed by atoms with E-state index in [1.165, 1.54) is 11.3 Å². The highest BCUT2D eigenvalue weighted by atomic mass is 32.1. The molecule has 0 bridgehead atoms. The summed E-state index contributed by atoms with van der Waals surface area (Å²) >= 11 is 1.39. The quantitative estimate of drug-likeness (QED) is 0.880. The van der Waals surface area contributed by atoms with Crippen LogP contribution in [0.4, 0.5) is 5.13 Å². The van der Waals surface area contributed by atoms with Gasteiger partial charge in [0.1, 0.15) is 17.4 Å². The van der Waals surface area contributed by atoms with E-state index in [2.05, 4.69) is 15.5 Å². The first kappa shape index (κ1) is 15.9. The SMILES string of the molecule is CCc1nnc(NC(=O)c2ccc(OC[C@@H]3CCCO3)cc2)s1. The molecule has 1 amide bonds. The maximum absolute atomic E-state index is 12.2. The molecule has 3 rings (SSSR count). The van der Waals surface area contributed by atoms with Crippen molar-refractivity contribution < 1.29 is 14.3 Å². The number of amides is 1. The monoisotopic (exact) mass is 333 g/mol. The van der Waals surface area contributed by atoms with Gasteiger partial charge in [-0.25, -0.2) is 0 Å². The van der Waals surface area contributed by atoms with Gasteiger partial charge in [-0.3, -0.25) is 10.1 Å². The third kappa shape index (κ3) is 4.27. The number of aryl methyl sites for hydroxylation is 1. The van der Waals surface area contributed by atoms with Crippen LogP contribution in [-0.2, 0) is 11.2 Å². The summed E-state index contributed by atoms with van der Waals surface area (Å²) in [4.78, 5) is 12.2. The molecular formula is C16H19N3O3S. The fourth-order valence-electron chi connectivity index (χ4n) is 2.28. The van der Waals surface area contributed by atoms with Crippen LogP contribution >= 0.6 is 11.3 Å². The predicted molar refractivity (Wildman–Crippen MR) is 88.2 cm³/mol. The van der Waals surface area contributed by atoms with E-state index in [1.807, 2.05) is 6.92 Å². The molecule has 1 aliphatic rings. The molecule has 1 aromatic heterocycles. The van der Waals surface area contributed by atoms with E-state index >= 15 is 0 Å². The van der Waals surface area contributed by atoms with Gasteiger partial charge < -0.3 is 9.47 Å². The third-order valence-corrected chi connectivity index (χ3v) is 4.55. The number of carbonyl (C=O) groups is 1. The van der Waals surface area contributed by atoms with Crippen LogP contribution in [0.2, 0.25) is 0 Å². The lowest BCUT2D eigenvalue weighted by Gasteiger charge is -2.11. The van der Waals surface area contributed by atoms with Gasteiger partial charge in [-0.05, 0) is 43.5 Å². The number of hydrogen-bond acceptors (Lipinski definition) is 6. The van der Waals surface area contributed by atoms with Gasteiger partial charge in [-0.15, -0.1) is 10.2 Å². The molecule has 1 atom stereocenters.